The molecule has 0 aromatic carbocycles. The molecule has 29 heavy (non-hydrogen) atoms. The highest BCUT2D eigenvalue weighted by Gasteiger charge is 2.63. The number of hydrogen-bond acceptors (Lipinski definition) is 4. The Hall–Kier alpha value is -0.780. The Morgan fingerprint density at radius 3 is 2.72 bits per heavy atom. The van der Waals surface area contributed by atoms with Crippen molar-refractivity contribution in [2.45, 2.75) is 82.1 Å². The summed E-state index contributed by atoms with van der Waals surface area (Å²) in [5, 5.41) is 23.0. The van der Waals surface area contributed by atoms with Crippen molar-refractivity contribution >= 4 is 11.8 Å². The number of hydrogen-bond donors (Lipinski definition) is 2. The summed E-state index contributed by atoms with van der Waals surface area (Å²) in [6.07, 6.45) is 14.7. The van der Waals surface area contributed by atoms with Gasteiger partial charge in [-0.2, -0.15) is 0 Å². The molecule has 0 amide bonds. The Kier molecular flexibility index (Phi) is 4.77. The van der Waals surface area contributed by atoms with Crippen LogP contribution in [0.3, 0.4) is 0 Å². The Bertz CT molecular complexity index is 822. The van der Waals surface area contributed by atoms with Crippen LogP contribution >= 0.6 is 11.8 Å². The molecule has 2 N–H and O–H groups in total. The van der Waals surface area contributed by atoms with Crippen LogP contribution < -0.4 is 0 Å². The van der Waals surface area contributed by atoms with Gasteiger partial charge in [-0.25, -0.2) is 4.98 Å². The molecular weight excluding hydrogens is 380 g/mol. The van der Waals surface area contributed by atoms with Crippen molar-refractivity contribution in [1.29, 1.82) is 0 Å². The largest absolute Gasteiger partial charge is 0.393 e. The number of aryl methyl sites for hydroxylation is 1. The van der Waals surface area contributed by atoms with Gasteiger partial charge >= 0.3 is 0 Å². The first kappa shape index (κ1) is 20.1. The van der Waals surface area contributed by atoms with Gasteiger partial charge in [0.25, 0.3) is 0 Å². The van der Waals surface area contributed by atoms with Crippen LogP contribution in [0.1, 0.15) is 65.2 Å². The van der Waals surface area contributed by atoms with Gasteiger partial charge in [0.1, 0.15) is 0 Å². The van der Waals surface area contributed by atoms with Crippen molar-refractivity contribution in [2.24, 2.45) is 35.6 Å². The first-order valence-corrected chi connectivity index (χ1v) is 12.5. The van der Waals surface area contributed by atoms with E-state index in [2.05, 4.69) is 24.9 Å². The summed E-state index contributed by atoms with van der Waals surface area (Å²) in [7, 11) is 2.03. The lowest BCUT2D eigenvalue weighted by molar-refractivity contribution is -0.113. The summed E-state index contributed by atoms with van der Waals surface area (Å²) in [4.78, 5) is 4.45. The van der Waals surface area contributed by atoms with Crippen molar-refractivity contribution in [1.82, 2.24) is 9.55 Å². The molecule has 0 saturated heterocycles. The fourth-order valence-electron chi connectivity index (χ4n) is 7.66. The quantitative estimate of drug-likeness (QED) is 0.560. The maximum Gasteiger partial charge on any atom is 0.167 e. The van der Waals surface area contributed by atoms with Crippen LogP contribution in [0.15, 0.2) is 29.2 Å². The molecule has 7 unspecified atom stereocenters. The Labute approximate surface area is 179 Å². The van der Waals surface area contributed by atoms with Crippen LogP contribution in [-0.2, 0) is 7.05 Å². The Morgan fingerprint density at radius 1 is 1.17 bits per heavy atom. The molecule has 1 aromatic rings. The lowest BCUT2D eigenvalue weighted by Gasteiger charge is -2.59. The van der Waals surface area contributed by atoms with E-state index in [1.54, 1.807) is 11.8 Å². The van der Waals surface area contributed by atoms with E-state index in [0.717, 1.165) is 61.8 Å². The first-order chi connectivity index (χ1) is 13.8. The fraction of sp³-hybridized carbons (Fsp3) is 0.792. The van der Waals surface area contributed by atoms with Gasteiger partial charge in [0, 0.05) is 30.6 Å². The molecule has 3 fully saturated rings. The number of aliphatic hydroxyl groups excluding tert-OH is 1. The summed E-state index contributed by atoms with van der Waals surface area (Å²) in [5.41, 5.74) is 1.20. The lowest BCUT2D eigenvalue weighted by atomic mass is 9.47. The van der Waals surface area contributed by atoms with Crippen molar-refractivity contribution in [3.05, 3.63) is 24.0 Å². The van der Waals surface area contributed by atoms with Crippen LogP contribution in [-0.4, -0.2) is 37.2 Å². The van der Waals surface area contributed by atoms with Gasteiger partial charge in [-0.15, -0.1) is 0 Å². The Morgan fingerprint density at radius 2 is 1.97 bits per heavy atom. The lowest BCUT2D eigenvalue weighted by Crippen LogP contribution is -2.55. The van der Waals surface area contributed by atoms with E-state index < -0.39 is 5.60 Å². The summed E-state index contributed by atoms with van der Waals surface area (Å²) in [5.74, 6) is 2.75. The number of fused-ring (bicyclic) bond motifs is 5. The van der Waals surface area contributed by atoms with E-state index in [1.807, 2.05) is 24.0 Å². The van der Waals surface area contributed by atoms with Crippen molar-refractivity contribution in [3.8, 4) is 0 Å². The molecule has 5 heteroatoms. The first-order valence-electron chi connectivity index (χ1n) is 11.5. The molecule has 0 spiro atoms. The average Bonchev–Trinajstić information content (AvgIpc) is 3.22. The van der Waals surface area contributed by atoms with E-state index in [9.17, 15) is 10.2 Å². The number of allylic oxidation sites excluding steroid dienone is 1. The minimum atomic E-state index is -0.604. The zero-order valence-corrected chi connectivity index (χ0v) is 18.9. The molecule has 4 aliphatic carbocycles. The normalized spacial score (nSPS) is 46.6. The number of thioether (sulfide) groups is 1. The minimum absolute atomic E-state index is 0.00220. The second-order valence-electron chi connectivity index (χ2n) is 10.8. The van der Waals surface area contributed by atoms with Crippen LogP contribution in [0.2, 0.25) is 0 Å². The molecule has 0 bridgehead atoms. The van der Waals surface area contributed by atoms with E-state index >= 15 is 0 Å². The summed E-state index contributed by atoms with van der Waals surface area (Å²) < 4.78 is 2.05. The monoisotopic (exact) mass is 416 g/mol. The van der Waals surface area contributed by atoms with Gasteiger partial charge in [-0.3, -0.25) is 0 Å². The smallest absolute Gasteiger partial charge is 0.167 e. The third kappa shape index (κ3) is 2.90. The van der Waals surface area contributed by atoms with Gasteiger partial charge < -0.3 is 14.8 Å². The summed E-state index contributed by atoms with van der Waals surface area (Å²) in [6, 6.07) is 0. The highest BCUT2D eigenvalue weighted by Crippen LogP contribution is 2.67. The maximum absolute atomic E-state index is 11.9. The predicted molar refractivity (Wildman–Crippen MR) is 117 cm³/mol. The molecule has 7 atom stereocenters. The second kappa shape index (κ2) is 6.86. The fourth-order valence-corrected chi connectivity index (χ4v) is 8.91. The minimum Gasteiger partial charge on any atom is -0.393 e. The van der Waals surface area contributed by atoms with Gasteiger partial charge in [0.15, 0.2) is 5.16 Å². The molecule has 1 aromatic heterocycles. The third-order valence-electron chi connectivity index (χ3n) is 9.62. The zero-order chi connectivity index (χ0) is 20.4. The third-order valence-corrected chi connectivity index (χ3v) is 10.9. The molecule has 0 radical (unpaired) electrons. The van der Waals surface area contributed by atoms with E-state index in [0.29, 0.717) is 11.8 Å². The van der Waals surface area contributed by atoms with Crippen molar-refractivity contribution in [3.63, 3.8) is 0 Å². The van der Waals surface area contributed by atoms with Crippen LogP contribution in [0.4, 0.5) is 0 Å². The molecule has 0 aliphatic heterocycles. The molecule has 5 rings (SSSR count). The summed E-state index contributed by atoms with van der Waals surface area (Å²) >= 11 is 1.71. The molecule has 4 nitrogen and oxygen atoms in total. The SMILES string of the molecule is Cn1ccnc1SCC1(O)CCC2C3CC=C4CC(O)CCC4(C)C3CCC21C. The number of aromatic nitrogens is 2. The predicted octanol–water partition coefficient (Wildman–Crippen LogP) is 4.57. The van der Waals surface area contributed by atoms with Crippen molar-refractivity contribution in [2.75, 3.05) is 5.75 Å². The number of nitrogens with zero attached hydrogens (tertiary/aromatic N) is 2. The maximum atomic E-state index is 11.9. The zero-order valence-electron chi connectivity index (χ0n) is 18.1. The van der Waals surface area contributed by atoms with Crippen LogP contribution in [0, 0.1) is 28.6 Å². The standard InChI is InChI=1S/C24H36N2O2S/c1-22-9-6-17(27)14-16(22)4-5-18-19(22)7-10-23(2)20(18)8-11-24(23,28)15-29-21-25-12-13-26(21)3/h4,12-13,17-20,27-28H,5-11,14-15H2,1-3H3. The van der Waals surface area contributed by atoms with Gasteiger partial charge in [-0.05, 0) is 74.5 Å². The number of rotatable bonds is 3. The van der Waals surface area contributed by atoms with Gasteiger partial charge in [-0.1, -0.05) is 37.3 Å². The van der Waals surface area contributed by atoms with E-state index in [1.165, 1.54) is 12.0 Å². The van der Waals surface area contributed by atoms with E-state index in [-0.39, 0.29) is 16.9 Å². The van der Waals surface area contributed by atoms with Crippen LogP contribution in [0.5, 0.6) is 0 Å². The molecule has 160 valence electrons. The molecule has 4 aliphatic rings. The number of aliphatic hydroxyl groups is 2. The van der Waals surface area contributed by atoms with E-state index in [4.69, 9.17) is 0 Å². The van der Waals surface area contributed by atoms with Crippen LogP contribution in [0.25, 0.3) is 0 Å². The number of imidazole rings is 1. The Balaban J connectivity index is 1.39. The van der Waals surface area contributed by atoms with Gasteiger partial charge in [0.05, 0.1) is 11.7 Å². The molecule has 3 saturated carbocycles. The van der Waals surface area contributed by atoms with Crippen molar-refractivity contribution < 1.29 is 10.2 Å². The summed E-state index contributed by atoms with van der Waals surface area (Å²) in [6.45, 7) is 4.86. The molecular formula is C24H36N2O2S. The highest BCUT2D eigenvalue weighted by atomic mass is 32.2. The average molecular weight is 417 g/mol. The topological polar surface area (TPSA) is 58.3 Å². The van der Waals surface area contributed by atoms with Gasteiger partial charge in [0.2, 0.25) is 0 Å². The molecule has 1 heterocycles. The highest BCUT2D eigenvalue weighted by molar-refractivity contribution is 7.99. The second-order valence-corrected chi connectivity index (χ2v) is 11.7.